The summed E-state index contributed by atoms with van der Waals surface area (Å²) in [4.78, 5) is 16.1. The van der Waals surface area contributed by atoms with Gasteiger partial charge in [0.25, 0.3) is 0 Å². The van der Waals surface area contributed by atoms with Crippen LogP contribution < -0.4 is 0 Å². The van der Waals surface area contributed by atoms with Crippen LogP contribution in [0.3, 0.4) is 0 Å². The van der Waals surface area contributed by atoms with Gasteiger partial charge in [-0.05, 0) is 57.2 Å². The minimum Gasteiger partial charge on any atom is -0.462 e. The Morgan fingerprint density at radius 1 is 1.14 bits per heavy atom. The average molecular weight is 382 g/mol. The van der Waals surface area contributed by atoms with E-state index in [1.807, 2.05) is 30.5 Å². The first-order valence-electron chi connectivity index (χ1n) is 8.86. The van der Waals surface area contributed by atoms with Gasteiger partial charge in [-0.1, -0.05) is 6.07 Å². The lowest BCUT2D eigenvalue weighted by molar-refractivity contribution is 0.0526. The Bertz CT molecular complexity index is 1050. The van der Waals surface area contributed by atoms with Crippen molar-refractivity contribution in [2.45, 2.75) is 20.8 Å². The van der Waals surface area contributed by atoms with E-state index in [4.69, 9.17) is 4.74 Å². The van der Waals surface area contributed by atoms with Crippen molar-refractivity contribution in [1.29, 1.82) is 0 Å². The maximum Gasteiger partial charge on any atom is 0.338 e. The van der Waals surface area contributed by atoms with Gasteiger partial charge in [0.1, 0.15) is 5.82 Å². The number of hydrogen-bond acceptors (Lipinski definition) is 3. The highest BCUT2D eigenvalue weighted by Crippen LogP contribution is 2.23. The Morgan fingerprint density at radius 3 is 2.64 bits per heavy atom. The number of halogens is 2. The molecule has 1 heterocycles. The van der Waals surface area contributed by atoms with Crippen LogP contribution in [0, 0.1) is 25.5 Å². The van der Waals surface area contributed by atoms with Crippen LogP contribution in [0.5, 0.6) is 0 Å². The summed E-state index contributed by atoms with van der Waals surface area (Å²) in [6.45, 7) is 5.91. The molecule has 0 radical (unpaired) electrons. The van der Waals surface area contributed by atoms with Gasteiger partial charge < -0.3 is 9.30 Å². The van der Waals surface area contributed by atoms with E-state index in [0.29, 0.717) is 12.2 Å². The van der Waals surface area contributed by atoms with Crippen molar-refractivity contribution in [3.05, 3.63) is 82.7 Å². The highest BCUT2D eigenvalue weighted by molar-refractivity contribution is 5.90. The zero-order valence-electron chi connectivity index (χ0n) is 15.9. The molecule has 3 rings (SSSR count). The maximum atomic E-state index is 13.8. The fourth-order valence-corrected chi connectivity index (χ4v) is 3.03. The average Bonchev–Trinajstić information content (AvgIpc) is 2.95. The molecule has 0 unspecified atom stereocenters. The number of carbonyl (C=O) groups is 1. The third-order valence-corrected chi connectivity index (χ3v) is 4.34. The van der Waals surface area contributed by atoms with Crippen molar-refractivity contribution < 1.29 is 18.3 Å². The molecule has 0 bridgehead atoms. The Hall–Kier alpha value is -3.28. The van der Waals surface area contributed by atoms with Crippen LogP contribution in [-0.2, 0) is 4.74 Å². The van der Waals surface area contributed by atoms with Gasteiger partial charge in [0, 0.05) is 34.9 Å². The van der Waals surface area contributed by atoms with Crippen LogP contribution >= 0.6 is 0 Å². The normalized spacial score (nSPS) is 11.2. The van der Waals surface area contributed by atoms with Gasteiger partial charge in [-0.25, -0.2) is 13.6 Å². The van der Waals surface area contributed by atoms with E-state index in [-0.39, 0.29) is 11.7 Å². The van der Waals surface area contributed by atoms with E-state index in [1.165, 1.54) is 12.1 Å². The molecule has 1 aromatic heterocycles. The number of nitrogens with zero attached hydrogens (tertiary/aromatic N) is 2. The predicted octanol–water partition coefficient (Wildman–Crippen LogP) is 5.30. The maximum absolute atomic E-state index is 13.8. The van der Waals surface area contributed by atoms with Crippen LogP contribution in [-0.4, -0.2) is 23.4 Å². The topological polar surface area (TPSA) is 43.6 Å². The summed E-state index contributed by atoms with van der Waals surface area (Å²) in [6, 6.07) is 12.3. The van der Waals surface area contributed by atoms with Gasteiger partial charge in [0.15, 0.2) is 5.82 Å². The van der Waals surface area contributed by atoms with Gasteiger partial charge in [-0.2, -0.15) is 0 Å². The number of rotatable bonds is 5. The number of aliphatic imine (C=N–C) groups is 1. The van der Waals surface area contributed by atoms with Crippen LogP contribution in [0.4, 0.5) is 14.5 Å². The third kappa shape index (κ3) is 4.01. The zero-order valence-corrected chi connectivity index (χ0v) is 15.9. The number of ether oxygens (including phenoxy) is 1. The molecule has 0 N–H and O–H groups in total. The molecule has 0 spiro atoms. The SMILES string of the molecule is CCOC(=O)c1cccc(-n2c(C)cc(C=Nc3ccc(F)cc3F)c2C)c1. The first-order chi connectivity index (χ1) is 13.4. The second-order valence-corrected chi connectivity index (χ2v) is 6.29. The number of aryl methyl sites for hydroxylation is 1. The summed E-state index contributed by atoms with van der Waals surface area (Å²) in [5, 5.41) is 0. The summed E-state index contributed by atoms with van der Waals surface area (Å²) in [5.41, 5.74) is 3.95. The highest BCUT2D eigenvalue weighted by Gasteiger charge is 2.13. The molecule has 3 aromatic rings. The lowest BCUT2D eigenvalue weighted by Gasteiger charge is -2.11. The van der Waals surface area contributed by atoms with Crippen LogP contribution in [0.25, 0.3) is 5.69 Å². The Labute approximate surface area is 162 Å². The molecular formula is C22H20F2N2O2. The van der Waals surface area contributed by atoms with E-state index in [0.717, 1.165) is 28.7 Å². The second-order valence-electron chi connectivity index (χ2n) is 6.29. The molecular weight excluding hydrogens is 362 g/mol. The van der Waals surface area contributed by atoms with Crippen molar-refractivity contribution in [1.82, 2.24) is 4.57 Å². The number of aromatic nitrogens is 1. The molecule has 0 atom stereocenters. The van der Waals surface area contributed by atoms with Crippen molar-refractivity contribution >= 4 is 17.9 Å². The zero-order chi connectivity index (χ0) is 20.3. The van der Waals surface area contributed by atoms with Gasteiger partial charge in [-0.15, -0.1) is 0 Å². The molecule has 0 saturated carbocycles. The van der Waals surface area contributed by atoms with Crippen molar-refractivity contribution in [2.24, 2.45) is 4.99 Å². The largest absolute Gasteiger partial charge is 0.462 e. The van der Waals surface area contributed by atoms with Crippen LogP contribution in [0.15, 0.2) is 53.5 Å². The smallest absolute Gasteiger partial charge is 0.338 e. The van der Waals surface area contributed by atoms with E-state index < -0.39 is 11.6 Å². The van der Waals surface area contributed by atoms with Crippen LogP contribution in [0.1, 0.15) is 34.2 Å². The second kappa shape index (κ2) is 8.17. The standard InChI is InChI=1S/C22H20F2N2O2/c1-4-28-22(27)16-6-5-7-19(11-16)26-14(2)10-17(15(26)3)13-25-21-9-8-18(23)12-20(21)24/h5-13H,4H2,1-3H3. The van der Waals surface area contributed by atoms with E-state index in [1.54, 1.807) is 31.3 Å². The van der Waals surface area contributed by atoms with Gasteiger partial charge >= 0.3 is 5.97 Å². The minimum absolute atomic E-state index is 0.0653. The Balaban J connectivity index is 1.95. The lowest BCUT2D eigenvalue weighted by atomic mass is 10.2. The van der Waals surface area contributed by atoms with E-state index in [2.05, 4.69) is 4.99 Å². The molecule has 0 aliphatic heterocycles. The fraction of sp³-hybridized carbons (Fsp3) is 0.182. The number of carbonyl (C=O) groups excluding carboxylic acids is 1. The van der Waals surface area contributed by atoms with E-state index in [9.17, 15) is 13.6 Å². The van der Waals surface area contributed by atoms with Gasteiger partial charge in [0.05, 0.1) is 17.9 Å². The van der Waals surface area contributed by atoms with Gasteiger partial charge in [-0.3, -0.25) is 4.99 Å². The molecule has 4 nitrogen and oxygen atoms in total. The van der Waals surface area contributed by atoms with E-state index >= 15 is 0 Å². The first kappa shape index (κ1) is 19.5. The summed E-state index contributed by atoms with van der Waals surface area (Å²) in [7, 11) is 0. The molecule has 0 saturated heterocycles. The summed E-state index contributed by atoms with van der Waals surface area (Å²) in [6.07, 6.45) is 1.55. The summed E-state index contributed by atoms with van der Waals surface area (Å²) in [5.74, 6) is -1.73. The van der Waals surface area contributed by atoms with Crippen molar-refractivity contribution in [3.8, 4) is 5.69 Å². The molecule has 144 valence electrons. The minimum atomic E-state index is -0.716. The quantitative estimate of drug-likeness (QED) is 0.444. The third-order valence-electron chi connectivity index (χ3n) is 4.34. The molecule has 2 aromatic carbocycles. The summed E-state index contributed by atoms with van der Waals surface area (Å²) < 4.78 is 33.8. The number of esters is 1. The highest BCUT2D eigenvalue weighted by atomic mass is 19.1. The van der Waals surface area contributed by atoms with Crippen molar-refractivity contribution in [2.75, 3.05) is 6.61 Å². The van der Waals surface area contributed by atoms with Crippen molar-refractivity contribution in [3.63, 3.8) is 0 Å². The molecule has 0 amide bonds. The Morgan fingerprint density at radius 2 is 1.93 bits per heavy atom. The van der Waals surface area contributed by atoms with Gasteiger partial charge in [0.2, 0.25) is 0 Å². The summed E-state index contributed by atoms with van der Waals surface area (Å²) >= 11 is 0. The molecule has 0 aliphatic carbocycles. The predicted molar refractivity (Wildman–Crippen MR) is 105 cm³/mol. The molecule has 0 aliphatic rings. The molecule has 28 heavy (non-hydrogen) atoms. The van der Waals surface area contributed by atoms with Crippen LogP contribution in [0.2, 0.25) is 0 Å². The Kier molecular flexibility index (Phi) is 5.68. The number of benzene rings is 2. The molecule has 0 fully saturated rings. The monoisotopic (exact) mass is 382 g/mol. The molecule has 6 heteroatoms. The fourth-order valence-electron chi connectivity index (χ4n) is 3.03. The number of hydrogen-bond donors (Lipinski definition) is 0. The lowest BCUT2D eigenvalue weighted by Crippen LogP contribution is -2.06. The first-order valence-corrected chi connectivity index (χ1v) is 8.86.